The minimum Gasteiger partial charge on any atom is -0.334 e. The molecule has 0 aliphatic heterocycles. The number of carbonyl (C=O) groups is 1. The van der Waals surface area contributed by atoms with E-state index in [-0.39, 0.29) is 17.4 Å². The van der Waals surface area contributed by atoms with Gasteiger partial charge < -0.3 is 9.88 Å². The third-order valence-corrected chi connectivity index (χ3v) is 3.79. The van der Waals surface area contributed by atoms with Gasteiger partial charge in [-0.3, -0.25) is 4.79 Å². The predicted octanol–water partition coefficient (Wildman–Crippen LogP) is 3.23. The van der Waals surface area contributed by atoms with Gasteiger partial charge in [-0.2, -0.15) is 0 Å². The van der Waals surface area contributed by atoms with Crippen LogP contribution in [0, 0.1) is 0 Å². The first kappa shape index (κ1) is 14.7. The second kappa shape index (κ2) is 5.75. The second-order valence-electron chi connectivity index (χ2n) is 5.90. The summed E-state index contributed by atoms with van der Waals surface area (Å²) in [7, 11) is 0. The van der Waals surface area contributed by atoms with Crippen molar-refractivity contribution in [3.8, 4) is 0 Å². The van der Waals surface area contributed by atoms with Crippen molar-refractivity contribution in [1.29, 1.82) is 0 Å². The summed E-state index contributed by atoms with van der Waals surface area (Å²) >= 11 is 1.47. The van der Waals surface area contributed by atoms with E-state index in [1.54, 1.807) is 12.5 Å². The summed E-state index contributed by atoms with van der Waals surface area (Å²) in [5.74, 6) is -0.0268. The molecule has 2 heterocycles. The van der Waals surface area contributed by atoms with Gasteiger partial charge in [-0.15, -0.1) is 11.3 Å². The van der Waals surface area contributed by atoms with E-state index in [4.69, 9.17) is 0 Å². The average Bonchev–Trinajstić information content (AvgIpc) is 2.97. The highest BCUT2D eigenvalue weighted by molar-refractivity contribution is 7.13. The van der Waals surface area contributed by atoms with Crippen molar-refractivity contribution in [2.24, 2.45) is 0 Å². The Morgan fingerprint density at radius 1 is 1.50 bits per heavy atom. The number of amides is 1. The molecule has 6 heteroatoms. The lowest BCUT2D eigenvalue weighted by molar-refractivity contribution is -0.116. The number of carbonyl (C=O) groups excluding carboxylic acids is 1. The average molecular weight is 292 g/mol. The molecule has 0 bridgehead atoms. The molecule has 0 radical (unpaired) electrons. The minimum absolute atomic E-state index is 0.00355. The zero-order chi connectivity index (χ0) is 14.8. The van der Waals surface area contributed by atoms with Gasteiger partial charge in [-0.25, -0.2) is 9.97 Å². The van der Waals surface area contributed by atoms with Crippen molar-refractivity contribution < 1.29 is 4.79 Å². The van der Waals surface area contributed by atoms with Crippen molar-refractivity contribution in [3.63, 3.8) is 0 Å². The highest BCUT2D eigenvalue weighted by Gasteiger charge is 2.18. The summed E-state index contributed by atoms with van der Waals surface area (Å²) in [6.45, 7) is 8.31. The standard InChI is InChI=1S/C14H20N4OS/c1-10(18-6-5-15-9-18)7-12(19)17-13-16-11(8-20-13)14(2,3)4/h5-6,8-10H,7H2,1-4H3,(H,16,17,19)/t10-/m0/s1. The molecule has 2 rings (SSSR count). The molecule has 0 aliphatic carbocycles. The number of anilines is 1. The van der Waals surface area contributed by atoms with Gasteiger partial charge in [0, 0.05) is 35.7 Å². The Morgan fingerprint density at radius 2 is 2.25 bits per heavy atom. The molecule has 2 aromatic rings. The van der Waals surface area contributed by atoms with Crippen molar-refractivity contribution >= 4 is 22.4 Å². The van der Waals surface area contributed by atoms with Crippen LogP contribution in [-0.2, 0) is 10.2 Å². The molecular weight excluding hydrogens is 272 g/mol. The van der Waals surface area contributed by atoms with E-state index in [9.17, 15) is 4.79 Å². The van der Waals surface area contributed by atoms with E-state index in [1.165, 1.54) is 11.3 Å². The summed E-state index contributed by atoms with van der Waals surface area (Å²) in [5, 5.41) is 5.52. The first-order valence-electron chi connectivity index (χ1n) is 6.59. The molecule has 1 amide bonds. The minimum atomic E-state index is -0.0268. The third kappa shape index (κ3) is 3.66. The fourth-order valence-corrected chi connectivity index (χ4v) is 2.70. The summed E-state index contributed by atoms with van der Waals surface area (Å²) in [6, 6.07) is 0.0829. The molecule has 20 heavy (non-hydrogen) atoms. The van der Waals surface area contributed by atoms with E-state index in [0.717, 1.165) is 5.69 Å². The Hall–Kier alpha value is -1.69. The van der Waals surface area contributed by atoms with E-state index >= 15 is 0 Å². The molecule has 1 N–H and O–H groups in total. The van der Waals surface area contributed by atoms with Crippen molar-refractivity contribution in [2.75, 3.05) is 5.32 Å². The molecule has 108 valence electrons. The number of aromatic nitrogens is 3. The fraction of sp³-hybridized carbons (Fsp3) is 0.500. The van der Waals surface area contributed by atoms with E-state index in [2.05, 4.69) is 36.1 Å². The third-order valence-electron chi connectivity index (χ3n) is 3.03. The molecule has 0 unspecified atom stereocenters. The van der Waals surface area contributed by atoms with Crippen LogP contribution in [0.15, 0.2) is 24.1 Å². The van der Waals surface area contributed by atoms with Crippen LogP contribution < -0.4 is 5.32 Å². The second-order valence-corrected chi connectivity index (χ2v) is 6.76. The van der Waals surface area contributed by atoms with Crippen molar-refractivity contribution in [1.82, 2.24) is 14.5 Å². The van der Waals surface area contributed by atoms with Crippen molar-refractivity contribution in [2.45, 2.75) is 45.6 Å². The van der Waals surface area contributed by atoms with Gasteiger partial charge in [0.25, 0.3) is 0 Å². The number of thiazole rings is 1. The van der Waals surface area contributed by atoms with Crippen LogP contribution in [0.4, 0.5) is 5.13 Å². The Morgan fingerprint density at radius 3 is 2.80 bits per heavy atom. The maximum absolute atomic E-state index is 12.0. The Labute approximate surface area is 123 Å². The van der Waals surface area contributed by atoms with Crippen LogP contribution in [-0.4, -0.2) is 20.4 Å². The zero-order valence-corrected chi connectivity index (χ0v) is 13.1. The van der Waals surface area contributed by atoms with Gasteiger partial charge in [0.1, 0.15) is 0 Å². The smallest absolute Gasteiger partial charge is 0.228 e. The lowest BCUT2D eigenvalue weighted by Gasteiger charge is -2.14. The molecule has 5 nitrogen and oxygen atoms in total. The monoisotopic (exact) mass is 292 g/mol. The molecule has 0 saturated carbocycles. The SMILES string of the molecule is C[C@@H](CC(=O)Nc1nc(C(C)(C)C)cs1)n1ccnc1. The number of hydrogen-bond acceptors (Lipinski definition) is 4. The normalized spacial score (nSPS) is 13.2. The van der Waals surface area contributed by atoms with Crippen LogP contribution >= 0.6 is 11.3 Å². The fourth-order valence-electron chi connectivity index (χ4n) is 1.75. The van der Waals surface area contributed by atoms with E-state index in [1.807, 2.05) is 23.1 Å². The first-order chi connectivity index (χ1) is 9.36. The van der Waals surface area contributed by atoms with Crippen LogP contribution in [0.25, 0.3) is 0 Å². The Bertz CT molecular complexity index is 568. The van der Waals surface area contributed by atoms with Gasteiger partial charge in [-0.05, 0) is 6.92 Å². The summed E-state index contributed by atoms with van der Waals surface area (Å²) in [6.07, 6.45) is 5.70. The van der Waals surface area contributed by atoms with Crippen LogP contribution in [0.5, 0.6) is 0 Å². The largest absolute Gasteiger partial charge is 0.334 e. The highest BCUT2D eigenvalue weighted by Crippen LogP contribution is 2.26. The molecule has 2 aromatic heterocycles. The van der Waals surface area contributed by atoms with Crippen LogP contribution in [0.3, 0.4) is 0 Å². The topological polar surface area (TPSA) is 59.8 Å². The molecule has 0 aliphatic rings. The molecule has 0 fully saturated rings. The van der Waals surface area contributed by atoms with E-state index < -0.39 is 0 Å². The maximum atomic E-state index is 12.0. The van der Waals surface area contributed by atoms with Gasteiger partial charge >= 0.3 is 0 Å². The molecule has 1 atom stereocenters. The summed E-state index contributed by atoms with van der Waals surface area (Å²) < 4.78 is 1.92. The molecule has 0 saturated heterocycles. The predicted molar refractivity (Wildman–Crippen MR) is 81.0 cm³/mol. The molecular formula is C14H20N4OS. The Kier molecular flexibility index (Phi) is 4.23. The number of nitrogens with zero attached hydrogens (tertiary/aromatic N) is 3. The summed E-state index contributed by atoms with van der Waals surface area (Å²) in [4.78, 5) is 20.4. The maximum Gasteiger partial charge on any atom is 0.228 e. The van der Waals surface area contributed by atoms with Gasteiger partial charge in [-0.1, -0.05) is 20.8 Å². The lowest BCUT2D eigenvalue weighted by atomic mass is 9.93. The van der Waals surface area contributed by atoms with Gasteiger partial charge in [0.2, 0.25) is 5.91 Å². The first-order valence-corrected chi connectivity index (χ1v) is 7.47. The van der Waals surface area contributed by atoms with E-state index in [0.29, 0.717) is 11.6 Å². The van der Waals surface area contributed by atoms with Crippen LogP contribution in [0.2, 0.25) is 0 Å². The Balaban J connectivity index is 1.93. The zero-order valence-electron chi connectivity index (χ0n) is 12.3. The number of hydrogen-bond donors (Lipinski definition) is 1. The van der Waals surface area contributed by atoms with Gasteiger partial charge in [0.05, 0.1) is 12.0 Å². The number of imidazole rings is 1. The molecule has 0 aromatic carbocycles. The quantitative estimate of drug-likeness (QED) is 0.941. The van der Waals surface area contributed by atoms with Crippen molar-refractivity contribution in [3.05, 3.63) is 29.8 Å². The lowest BCUT2D eigenvalue weighted by Crippen LogP contribution is -2.17. The summed E-state index contributed by atoms with van der Waals surface area (Å²) in [5.41, 5.74) is 1.00. The van der Waals surface area contributed by atoms with Crippen LogP contribution in [0.1, 0.15) is 45.9 Å². The highest BCUT2D eigenvalue weighted by atomic mass is 32.1. The number of rotatable bonds is 4. The molecule has 0 spiro atoms. The number of nitrogens with one attached hydrogen (secondary N) is 1. The van der Waals surface area contributed by atoms with Gasteiger partial charge in [0.15, 0.2) is 5.13 Å².